The van der Waals surface area contributed by atoms with Crippen molar-refractivity contribution in [3.05, 3.63) is 47.9 Å². The van der Waals surface area contributed by atoms with Crippen LogP contribution >= 0.6 is 24.0 Å². The van der Waals surface area contributed by atoms with Gasteiger partial charge in [0, 0.05) is 37.4 Å². The number of hydrogen-bond acceptors (Lipinski definition) is 6. The Labute approximate surface area is 205 Å². The van der Waals surface area contributed by atoms with E-state index in [1.54, 1.807) is 44.7 Å². The summed E-state index contributed by atoms with van der Waals surface area (Å²) in [5.74, 6) is 1.85. The van der Waals surface area contributed by atoms with Crippen LogP contribution < -0.4 is 25.0 Å². The van der Waals surface area contributed by atoms with Crippen molar-refractivity contribution in [3.63, 3.8) is 0 Å². The molecule has 0 bridgehead atoms. The number of nitrogens with one attached hydrogen (secondary N) is 2. The molecule has 2 unspecified atom stereocenters. The van der Waals surface area contributed by atoms with E-state index in [0.717, 1.165) is 6.42 Å². The number of halogens is 2. The lowest BCUT2D eigenvalue weighted by Gasteiger charge is -2.20. The van der Waals surface area contributed by atoms with E-state index in [9.17, 15) is 9.50 Å². The molecule has 10 heteroatoms. The quantitative estimate of drug-likeness (QED) is 0.261. The van der Waals surface area contributed by atoms with Crippen LogP contribution in [-0.4, -0.2) is 62.5 Å². The molecule has 8 nitrogen and oxygen atoms in total. The largest absolute Gasteiger partial charge is 0.497 e. The van der Waals surface area contributed by atoms with E-state index in [1.807, 2.05) is 11.8 Å². The number of ether oxygens (including phenoxy) is 2. The average molecular weight is 559 g/mol. The molecule has 0 saturated carbocycles. The van der Waals surface area contributed by atoms with Crippen LogP contribution in [0.25, 0.3) is 0 Å². The van der Waals surface area contributed by atoms with Crippen molar-refractivity contribution in [2.45, 2.75) is 25.5 Å². The van der Waals surface area contributed by atoms with Gasteiger partial charge >= 0.3 is 0 Å². The second-order valence-electron chi connectivity index (χ2n) is 7.23. The number of rotatable bonds is 8. The lowest BCUT2D eigenvalue weighted by atomic mass is 10.1. The first-order valence-electron chi connectivity index (χ1n) is 10.4. The van der Waals surface area contributed by atoms with Gasteiger partial charge in [-0.3, -0.25) is 4.99 Å². The summed E-state index contributed by atoms with van der Waals surface area (Å²) >= 11 is 0. The maximum absolute atomic E-state index is 14.0. The Kier molecular flexibility index (Phi) is 10.2. The molecule has 1 aromatic carbocycles. The predicted octanol–water partition coefficient (Wildman–Crippen LogP) is 2.72. The minimum absolute atomic E-state index is 0. The van der Waals surface area contributed by atoms with Gasteiger partial charge in [-0.15, -0.1) is 24.0 Å². The van der Waals surface area contributed by atoms with Gasteiger partial charge < -0.3 is 30.1 Å². The molecule has 1 aromatic heterocycles. The summed E-state index contributed by atoms with van der Waals surface area (Å²) in [5.41, 5.74) is 0.610. The fraction of sp³-hybridized carbons (Fsp3) is 0.455. The van der Waals surface area contributed by atoms with Crippen LogP contribution in [0.3, 0.4) is 0 Å². The lowest BCUT2D eigenvalue weighted by molar-refractivity contribution is 0.182. The summed E-state index contributed by atoms with van der Waals surface area (Å²) in [7, 11) is 3.13. The standard InChI is InChI=1S/C22H30FN5O3.HI/c1-4-24-22(26-13-19(29)17-12-16(30-2)7-8-20(17)31-3)27-15-9-11-28(14-15)21-18(23)6-5-10-25-21;/h5-8,10,12,15,19,29H,4,9,11,13-14H2,1-3H3,(H2,24,26,27);1H. The first-order valence-corrected chi connectivity index (χ1v) is 10.4. The van der Waals surface area contributed by atoms with Gasteiger partial charge in [0.2, 0.25) is 0 Å². The summed E-state index contributed by atoms with van der Waals surface area (Å²) in [6.07, 6.45) is 1.56. The number of aliphatic hydroxyl groups excluding tert-OH is 1. The van der Waals surface area contributed by atoms with Crippen LogP contribution in [0.4, 0.5) is 10.2 Å². The predicted molar refractivity (Wildman–Crippen MR) is 134 cm³/mol. The second-order valence-corrected chi connectivity index (χ2v) is 7.23. The van der Waals surface area contributed by atoms with Crippen LogP contribution in [0.2, 0.25) is 0 Å². The van der Waals surface area contributed by atoms with Crippen molar-refractivity contribution >= 4 is 35.8 Å². The molecule has 2 aromatic rings. The fourth-order valence-electron chi connectivity index (χ4n) is 3.57. The van der Waals surface area contributed by atoms with E-state index >= 15 is 0 Å². The Morgan fingerprint density at radius 1 is 1.34 bits per heavy atom. The molecule has 0 radical (unpaired) electrons. The molecule has 2 heterocycles. The third-order valence-corrected chi connectivity index (χ3v) is 5.13. The van der Waals surface area contributed by atoms with Crippen LogP contribution in [0.15, 0.2) is 41.5 Å². The van der Waals surface area contributed by atoms with Gasteiger partial charge in [0.1, 0.15) is 17.6 Å². The molecule has 32 heavy (non-hydrogen) atoms. The maximum Gasteiger partial charge on any atom is 0.191 e. The topological polar surface area (TPSA) is 91.2 Å². The van der Waals surface area contributed by atoms with Gasteiger partial charge in [0.05, 0.1) is 20.8 Å². The Hall–Kier alpha value is -2.34. The van der Waals surface area contributed by atoms with Crippen molar-refractivity contribution < 1.29 is 19.0 Å². The molecule has 1 aliphatic rings. The van der Waals surface area contributed by atoms with Crippen molar-refractivity contribution in [2.24, 2.45) is 4.99 Å². The molecule has 0 aliphatic carbocycles. The van der Waals surface area contributed by atoms with Gasteiger partial charge in [0.15, 0.2) is 17.6 Å². The number of hydrogen-bond donors (Lipinski definition) is 3. The third-order valence-electron chi connectivity index (χ3n) is 5.13. The first-order chi connectivity index (χ1) is 15.0. The molecular formula is C22H31FIN5O3. The minimum Gasteiger partial charge on any atom is -0.497 e. The highest BCUT2D eigenvalue weighted by molar-refractivity contribution is 14.0. The zero-order valence-corrected chi connectivity index (χ0v) is 20.9. The molecular weight excluding hydrogens is 528 g/mol. The van der Waals surface area contributed by atoms with Gasteiger partial charge in [-0.05, 0) is 43.7 Å². The summed E-state index contributed by atoms with van der Waals surface area (Å²) in [5, 5.41) is 17.3. The molecule has 0 amide bonds. The van der Waals surface area contributed by atoms with E-state index in [2.05, 4.69) is 20.6 Å². The van der Waals surface area contributed by atoms with Crippen LogP contribution in [0.1, 0.15) is 25.0 Å². The highest BCUT2D eigenvalue weighted by atomic mass is 127. The first kappa shape index (κ1) is 25.9. The molecule has 1 fully saturated rings. The Morgan fingerprint density at radius 3 is 2.84 bits per heavy atom. The number of aliphatic hydroxyl groups is 1. The molecule has 1 aliphatic heterocycles. The van der Waals surface area contributed by atoms with Crippen molar-refractivity contribution in [3.8, 4) is 11.5 Å². The summed E-state index contributed by atoms with van der Waals surface area (Å²) in [6, 6.07) is 8.37. The van der Waals surface area contributed by atoms with Gasteiger partial charge in [-0.2, -0.15) is 0 Å². The highest BCUT2D eigenvalue weighted by Gasteiger charge is 2.26. The normalized spacial score (nSPS) is 16.8. The zero-order chi connectivity index (χ0) is 22.2. The average Bonchev–Trinajstić information content (AvgIpc) is 3.25. The van der Waals surface area contributed by atoms with E-state index in [4.69, 9.17) is 9.47 Å². The van der Waals surface area contributed by atoms with Crippen molar-refractivity contribution in [2.75, 3.05) is 45.3 Å². The molecule has 3 rings (SSSR count). The molecule has 176 valence electrons. The monoisotopic (exact) mass is 559 g/mol. The van der Waals surface area contributed by atoms with Crippen LogP contribution in [-0.2, 0) is 0 Å². The summed E-state index contributed by atoms with van der Waals surface area (Å²) in [4.78, 5) is 10.6. The number of aliphatic imine (C=N–C) groups is 1. The van der Waals surface area contributed by atoms with Crippen molar-refractivity contribution in [1.82, 2.24) is 15.6 Å². The number of guanidine groups is 1. The number of aromatic nitrogens is 1. The smallest absolute Gasteiger partial charge is 0.191 e. The number of nitrogens with zero attached hydrogens (tertiary/aromatic N) is 3. The van der Waals surface area contributed by atoms with Gasteiger partial charge in [-0.1, -0.05) is 0 Å². The Balaban J connectivity index is 0.00000363. The van der Waals surface area contributed by atoms with Crippen LogP contribution in [0.5, 0.6) is 11.5 Å². The summed E-state index contributed by atoms with van der Waals surface area (Å²) in [6.45, 7) is 4.11. The maximum atomic E-state index is 14.0. The molecule has 0 spiro atoms. The van der Waals surface area contributed by atoms with Crippen LogP contribution in [0, 0.1) is 5.82 Å². The molecule has 1 saturated heterocycles. The zero-order valence-electron chi connectivity index (χ0n) is 18.5. The van der Waals surface area contributed by atoms with E-state index in [1.165, 1.54) is 6.07 Å². The molecule has 2 atom stereocenters. The minimum atomic E-state index is -0.858. The second kappa shape index (κ2) is 12.6. The number of pyridine rings is 1. The van der Waals surface area contributed by atoms with E-state index < -0.39 is 6.10 Å². The fourth-order valence-corrected chi connectivity index (χ4v) is 3.57. The number of benzene rings is 1. The summed E-state index contributed by atoms with van der Waals surface area (Å²) < 4.78 is 24.6. The SMILES string of the molecule is CCNC(=NCC(O)c1cc(OC)ccc1OC)NC1CCN(c2ncccc2F)C1.I. The highest BCUT2D eigenvalue weighted by Crippen LogP contribution is 2.29. The number of methoxy groups -OCH3 is 2. The lowest BCUT2D eigenvalue weighted by Crippen LogP contribution is -2.45. The van der Waals surface area contributed by atoms with Gasteiger partial charge in [0.25, 0.3) is 0 Å². The van der Waals surface area contributed by atoms with E-state index in [-0.39, 0.29) is 42.4 Å². The third kappa shape index (κ3) is 6.58. The van der Waals surface area contributed by atoms with Gasteiger partial charge in [-0.25, -0.2) is 9.37 Å². The van der Waals surface area contributed by atoms with E-state index in [0.29, 0.717) is 48.5 Å². The molecule has 3 N–H and O–H groups in total. The van der Waals surface area contributed by atoms with Crippen molar-refractivity contribution in [1.29, 1.82) is 0 Å². The number of anilines is 1. The Morgan fingerprint density at radius 2 is 2.16 bits per heavy atom. The Bertz CT molecular complexity index is 902.